The molecule has 0 aromatic carbocycles. The van der Waals surface area contributed by atoms with Gasteiger partial charge in [-0.25, -0.2) is 4.79 Å². The minimum absolute atomic E-state index is 0.0298. The molecule has 2 aliphatic rings. The number of hydrogen-bond acceptors (Lipinski definition) is 3. The summed E-state index contributed by atoms with van der Waals surface area (Å²) in [7, 11) is 0. The van der Waals surface area contributed by atoms with Crippen LogP contribution in [0.2, 0.25) is 0 Å². The van der Waals surface area contributed by atoms with Gasteiger partial charge >= 0.3 is 6.03 Å². The third-order valence-corrected chi connectivity index (χ3v) is 4.72. The molecule has 0 aromatic rings. The van der Waals surface area contributed by atoms with E-state index in [9.17, 15) is 9.59 Å². The Labute approximate surface area is 139 Å². The van der Waals surface area contributed by atoms with Gasteiger partial charge in [-0.1, -0.05) is 19.3 Å². The third kappa shape index (κ3) is 5.68. The molecule has 0 unspecified atom stereocenters. The van der Waals surface area contributed by atoms with E-state index in [0.717, 1.165) is 32.1 Å². The van der Waals surface area contributed by atoms with Crippen LogP contribution in [0.5, 0.6) is 0 Å². The Morgan fingerprint density at radius 1 is 1.13 bits per heavy atom. The van der Waals surface area contributed by atoms with Crippen molar-refractivity contribution in [3.8, 4) is 0 Å². The molecule has 0 spiro atoms. The predicted molar refractivity (Wildman–Crippen MR) is 89.3 cm³/mol. The second kappa shape index (κ2) is 9.75. The van der Waals surface area contributed by atoms with E-state index >= 15 is 0 Å². The van der Waals surface area contributed by atoms with Crippen molar-refractivity contribution in [3.63, 3.8) is 0 Å². The van der Waals surface area contributed by atoms with Crippen molar-refractivity contribution in [1.82, 2.24) is 15.5 Å². The van der Waals surface area contributed by atoms with Gasteiger partial charge in [0.15, 0.2) is 0 Å². The molecule has 3 amide bonds. The smallest absolute Gasteiger partial charge is 0.318 e. The highest BCUT2D eigenvalue weighted by Crippen LogP contribution is 2.20. The van der Waals surface area contributed by atoms with Crippen LogP contribution in [0.25, 0.3) is 0 Å². The Morgan fingerprint density at radius 2 is 1.91 bits per heavy atom. The minimum Gasteiger partial charge on any atom is -0.382 e. The van der Waals surface area contributed by atoms with Gasteiger partial charge in [-0.3, -0.25) is 4.79 Å². The standard InChI is InChI=1S/C17H31N3O3/c1-2-23-13-7-11-18-16(21)15-10-6-12-20(15)17(22)19-14-8-4-3-5-9-14/h14-15H,2-13H2,1H3,(H,18,21)(H,19,22)/t15-/m0/s1. The maximum absolute atomic E-state index is 12.5. The second-order valence-corrected chi connectivity index (χ2v) is 6.48. The van der Waals surface area contributed by atoms with E-state index < -0.39 is 0 Å². The molecule has 2 N–H and O–H groups in total. The van der Waals surface area contributed by atoms with Crippen LogP contribution in [0.15, 0.2) is 0 Å². The van der Waals surface area contributed by atoms with Crippen molar-refractivity contribution in [2.24, 2.45) is 0 Å². The Balaban J connectivity index is 1.74. The third-order valence-electron chi connectivity index (χ3n) is 4.72. The van der Waals surface area contributed by atoms with E-state index in [0.29, 0.717) is 26.3 Å². The fourth-order valence-electron chi connectivity index (χ4n) is 3.43. The zero-order valence-corrected chi connectivity index (χ0v) is 14.3. The number of nitrogens with zero attached hydrogens (tertiary/aromatic N) is 1. The lowest BCUT2D eigenvalue weighted by Gasteiger charge is -2.29. The number of carbonyl (C=O) groups excluding carboxylic acids is 2. The molecule has 0 radical (unpaired) electrons. The molecule has 1 atom stereocenters. The van der Waals surface area contributed by atoms with Gasteiger partial charge in [0.25, 0.3) is 0 Å². The van der Waals surface area contributed by atoms with Gasteiger partial charge in [-0.2, -0.15) is 0 Å². The van der Waals surface area contributed by atoms with Crippen LogP contribution >= 0.6 is 0 Å². The fraction of sp³-hybridized carbons (Fsp3) is 0.882. The molecule has 0 aromatic heterocycles. The average Bonchev–Trinajstić information content (AvgIpc) is 3.05. The van der Waals surface area contributed by atoms with Crippen LogP contribution in [0.1, 0.15) is 58.3 Å². The van der Waals surface area contributed by atoms with Gasteiger partial charge in [0.2, 0.25) is 5.91 Å². The summed E-state index contributed by atoms with van der Waals surface area (Å²) < 4.78 is 5.26. The molecule has 0 bridgehead atoms. The number of urea groups is 1. The monoisotopic (exact) mass is 325 g/mol. The highest BCUT2D eigenvalue weighted by Gasteiger charge is 2.34. The highest BCUT2D eigenvalue weighted by atomic mass is 16.5. The molecule has 6 heteroatoms. The number of carbonyl (C=O) groups is 2. The molecular formula is C17H31N3O3. The van der Waals surface area contributed by atoms with Crippen LogP contribution in [0.3, 0.4) is 0 Å². The summed E-state index contributed by atoms with van der Waals surface area (Å²) in [5.41, 5.74) is 0. The summed E-state index contributed by atoms with van der Waals surface area (Å²) in [4.78, 5) is 26.5. The maximum atomic E-state index is 12.5. The molecule has 2 rings (SSSR count). The summed E-state index contributed by atoms with van der Waals surface area (Å²) in [6, 6.07) is -0.0960. The molecule has 2 fully saturated rings. The summed E-state index contributed by atoms with van der Waals surface area (Å²) in [5.74, 6) is -0.0298. The van der Waals surface area contributed by atoms with Crippen molar-refractivity contribution in [2.75, 3.05) is 26.3 Å². The van der Waals surface area contributed by atoms with E-state index in [-0.39, 0.29) is 24.0 Å². The van der Waals surface area contributed by atoms with Gasteiger partial charge in [0.05, 0.1) is 0 Å². The Hall–Kier alpha value is -1.30. The van der Waals surface area contributed by atoms with Gasteiger partial charge in [0.1, 0.15) is 6.04 Å². The van der Waals surface area contributed by atoms with E-state index in [4.69, 9.17) is 4.74 Å². The van der Waals surface area contributed by atoms with Crippen molar-refractivity contribution in [1.29, 1.82) is 0 Å². The molecule has 1 saturated heterocycles. The first-order valence-corrected chi connectivity index (χ1v) is 9.15. The lowest BCUT2D eigenvalue weighted by Crippen LogP contribution is -2.52. The quantitative estimate of drug-likeness (QED) is 0.704. The van der Waals surface area contributed by atoms with Gasteiger partial charge in [-0.05, 0) is 39.0 Å². The number of ether oxygens (including phenoxy) is 1. The predicted octanol–water partition coefficient (Wildman–Crippen LogP) is 2.04. The molecule has 1 saturated carbocycles. The van der Waals surface area contributed by atoms with Gasteiger partial charge in [-0.15, -0.1) is 0 Å². The van der Waals surface area contributed by atoms with Crippen LogP contribution in [0, 0.1) is 0 Å². The zero-order valence-electron chi connectivity index (χ0n) is 14.3. The van der Waals surface area contributed by atoms with Crippen LogP contribution in [-0.2, 0) is 9.53 Å². The van der Waals surface area contributed by atoms with Crippen molar-refractivity contribution < 1.29 is 14.3 Å². The Morgan fingerprint density at radius 3 is 2.65 bits per heavy atom. The van der Waals surface area contributed by atoms with E-state index in [1.54, 1.807) is 4.90 Å². The first-order chi connectivity index (χ1) is 11.2. The van der Waals surface area contributed by atoms with Gasteiger partial charge < -0.3 is 20.3 Å². The van der Waals surface area contributed by atoms with E-state index in [2.05, 4.69) is 10.6 Å². The summed E-state index contributed by atoms with van der Waals surface area (Å²) >= 11 is 0. The molecule has 1 aliphatic carbocycles. The van der Waals surface area contributed by atoms with Crippen molar-refractivity contribution in [3.05, 3.63) is 0 Å². The highest BCUT2D eigenvalue weighted by molar-refractivity contribution is 5.87. The van der Waals surface area contributed by atoms with Crippen LogP contribution in [-0.4, -0.2) is 55.2 Å². The molecule has 6 nitrogen and oxygen atoms in total. The number of hydrogen-bond donors (Lipinski definition) is 2. The summed E-state index contributed by atoms with van der Waals surface area (Å²) in [6.45, 7) is 4.60. The second-order valence-electron chi connectivity index (χ2n) is 6.48. The number of amides is 3. The number of likely N-dealkylation sites (tertiary alicyclic amines) is 1. The van der Waals surface area contributed by atoms with Crippen LogP contribution in [0.4, 0.5) is 4.79 Å². The minimum atomic E-state index is -0.314. The zero-order chi connectivity index (χ0) is 16.5. The SMILES string of the molecule is CCOCCCNC(=O)[C@@H]1CCCN1C(=O)NC1CCCCC1. The molecule has 23 heavy (non-hydrogen) atoms. The molecule has 1 heterocycles. The Bertz CT molecular complexity index is 383. The number of rotatable bonds is 7. The van der Waals surface area contributed by atoms with Crippen molar-refractivity contribution >= 4 is 11.9 Å². The van der Waals surface area contributed by atoms with Crippen LogP contribution < -0.4 is 10.6 Å². The molecule has 132 valence electrons. The average molecular weight is 325 g/mol. The van der Waals surface area contributed by atoms with Gasteiger partial charge in [0, 0.05) is 32.3 Å². The normalized spacial score (nSPS) is 22.1. The molecular weight excluding hydrogens is 294 g/mol. The van der Waals surface area contributed by atoms with E-state index in [1.807, 2.05) is 6.92 Å². The largest absolute Gasteiger partial charge is 0.382 e. The summed E-state index contributed by atoms with van der Waals surface area (Å²) in [6.07, 6.45) is 8.24. The maximum Gasteiger partial charge on any atom is 0.318 e. The summed E-state index contributed by atoms with van der Waals surface area (Å²) in [5, 5.41) is 6.05. The lowest BCUT2D eigenvalue weighted by molar-refractivity contribution is -0.124. The first kappa shape index (κ1) is 18.0. The fourth-order valence-corrected chi connectivity index (χ4v) is 3.43. The van der Waals surface area contributed by atoms with Crippen molar-refractivity contribution in [2.45, 2.75) is 70.4 Å². The lowest BCUT2D eigenvalue weighted by atomic mass is 9.96. The Kier molecular flexibility index (Phi) is 7.65. The number of nitrogens with one attached hydrogen (secondary N) is 2. The van der Waals surface area contributed by atoms with E-state index in [1.165, 1.54) is 19.3 Å². The first-order valence-electron chi connectivity index (χ1n) is 9.15. The molecule has 1 aliphatic heterocycles. The topological polar surface area (TPSA) is 70.7 Å².